The Kier molecular flexibility index (Phi) is 2.95. The number of carbonyl (C=O) groups excluding carboxylic acids is 1. The van der Waals surface area contributed by atoms with Gasteiger partial charge in [-0.15, -0.1) is 0 Å². The van der Waals surface area contributed by atoms with Crippen molar-refractivity contribution in [3.8, 4) is 0 Å². The summed E-state index contributed by atoms with van der Waals surface area (Å²) in [6, 6.07) is 6.11. The Labute approximate surface area is 96.9 Å². The highest BCUT2D eigenvalue weighted by atomic mass is 16.2. The van der Waals surface area contributed by atoms with Gasteiger partial charge in [0.2, 0.25) is 0 Å². The smallest absolute Gasteiger partial charge is 0.276 e. The third kappa shape index (κ3) is 2.54. The first-order valence-corrected chi connectivity index (χ1v) is 4.92. The SMILES string of the molecule is Cn1nc(C(=O)Nc2cccnc2)ccc1=O. The van der Waals surface area contributed by atoms with E-state index in [0.29, 0.717) is 5.69 Å². The van der Waals surface area contributed by atoms with Gasteiger partial charge in [0, 0.05) is 19.3 Å². The van der Waals surface area contributed by atoms with Crippen LogP contribution in [0.3, 0.4) is 0 Å². The van der Waals surface area contributed by atoms with Crippen LogP contribution in [0, 0.1) is 0 Å². The molecule has 0 bridgehead atoms. The van der Waals surface area contributed by atoms with E-state index in [1.54, 1.807) is 18.3 Å². The van der Waals surface area contributed by atoms with Crippen LogP contribution in [0.5, 0.6) is 0 Å². The average Bonchev–Trinajstić information content (AvgIpc) is 2.34. The van der Waals surface area contributed by atoms with Crippen molar-refractivity contribution in [2.24, 2.45) is 7.05 Å². The third-order valence-corrected chi connectivity index (χ3v) is 2.11. The van der Waals surface area contributed by atoms with Crippen LogP contribution in [-0.4, -0.2) is 20.7 Å². The van der Waals surface area contributed by atoms with Crippen LogP contribution in [0.25, 0.3) is 0 Å². The van der Waals surface area contributed by atoms with Gasteiger partial charge < -0.3 is 5.32 Å². The molecule has 2 heterocycles. The molecule has 0 aromatic carbocycles. The molecule has 1 N–H and O–H groups in total. The molecule has 0 atom stereocenters. The highest BCUT2D eigenvalue weighted by Gasteiger charge is 2.08. The van der Waals surface area contributed by atoms with Crippen LogP contribution in [-0.2, 0) is 7.05 Å². The van der Waals surface area contributed by atoms with E-state index in [4.69, 9.17) is 0 Å². The van der Waals surface area contributed by atoms with Crippen molar-refractivity contribution in [3.63, 3.8) is 0 Å². The van der Waals surface area contributed by atoms with Crippen molar-refractivity contribution in [1.82, 2.24) is 14.8 Å². The fraction of sp³-hybridized carbons (Fsp3) is 0.0909. The van der Waals surface area contributed by atoms with Gasteiger partial charge in [0.1, 0.15) is 5.69 Å². The summed E-state index contributed by atoms with van der Waals surface area (Å²) in [4.78, 5) is 26.7. The number of anilines is 1. The number of hydrogen-bond donors (Lipinski definition) is 1. The summed E-state index contributed by atoms with van der Waals surface area (Å²) in [5.74, 6) is -0.381. The monoisotopic (exact) mass is 230 g/mol. The summed E-state index contributed by atoms with van der Waals surface area (Å²) < 4.78 is 1.11. The highest BCUT2D eigenvalue weighted by molar-refractivity contribution is 6.02. The van der Waals surface area contributed by atoms with Gasteiger partial charge >= 0.3 is 0 Å². The maximum absolute atomic E-state index is 11.8. The minimum absolute atomic E-state index is 0.177. The van der Waals surface area contributed by atoms with E-state index >= 15 is 0 Å². The number of aryl methyl sites for hydroxylation is 1. The zero-order chi connectivity index (χ0) is 12.3. The van der Waals surface area contributed by atoms with E-state index in [9.17, 15) is 9.59 Å². The minimum atomic E-state index is -0.381. The van der Waals surface area contributed by atoms with Crippen LogP contribution in [0.2, 0.25) is 0 Å². The van der Waals surface area contributed by atoms with E-state index in [0.717, 1.165) is 4.68 Å². The first-order valence-electron chi connectivity index (χ1n) is 4.92. The molecule has 0 saturated heterocycles. The lowest BCUT2D eigenvalue weighted by atomic mass is 10.3. The third-order valence-electron chi connectivity index (χ3n) is 2.11. The number of rotatable bonds is 2. The van der Waals surface area contributed by atoms with Crippen LogP contribution in [0.1, 0.15) is 10.5 Å². The first kappa shape index (κ1) is 11.0. The lowest BCUT2D eigenvalue weighted by Gasteiger charge is -2.04. The van der Waals surface area contributed by atoms with E-state index in [1.165, 1.54) is 25.4 Å². The van der Waals surface area contributed by atoms with Gasteiger partial charge in [-0.2, -0.15) is 5.10 Å². The number of aromatic nitrogens is 3. The zero-order valence-electron chi connectivity index (χ0n) is 9.12. The summed E-state index contributed by atoms with van der Waals surface area (Å²) in [7, 11) is 1.49. The molecule has 0 saturated carbocycles. The number of amides is 1. The Morgan fingerprint density at radius 1 is 1.35 bits per heavy atom. The summed E-state index contributed by atoms with van der Waals surface area (Å²) in [6.45, 7) is 0. The molecular weight excluding hydrogens is 220 g/mol. The van der Waals surface area contributed by atoms with Crippen molar-refractivity contribution in [2.45, 2.75) is 0 Å². The fourth-order valence-corrected chi connectivity index (χ4v) is 1.26. The predicted octanol–water partition coefficient (Wildman–Crippen LogP) is 0.428. The lowest BCUT2D eigenvalue weighted by molar-refractivity contribution is 0.102. The van der Waals surface area contributed by atoms with E-state index in [2.05, 4.69) is 15.4 Å². The van der Waals surface area contributed by atoms with Gasteiger partial charge in [-0.25, -0.2) is 4.68 Å². The Morgan fingerprint density at radius 2 is 2.18 bits per heavy atom. The minimum Gasteiger partial charge on any atom is -0.319 e. The molecule has 0 aliphatic heterocycles. The predicted molar refractivity (Wildman–Crippen MR) is 61.7 cm³/mol. The average molecular weight is 230 g/mol. The Bertz CT molecular complexity index is 592. The molecule has 0 unspecified atom stereocenters. The number of hydrogen-bond acceptors (Lipinski definition) is 4. The molecule has 0 fully saturated rings. The molecule has 6 heteroatoms. The van der Waals surface area contributed by atoms with E-state index in [1.807, 2.05) is 0 Å². The number of nitrogens with zero attached hydrogens (tertiary/aromatic N) is 3. The van der Waals surface area contributed by atoms with E-state index < -0.39 is 0 Å². The molecule has 86 valence electrons. The highest BCUT2D eigenvalue weighted by Crippen LogP contribution is 2.04. The van der Waals surface area contributed by atoms with Crippen molar-refractivity contribution >= 4 is 11.6 Å². The van der Waals surface area contributed by atoms with Crippen molar-refractivity contribution in [2.75, 3.05) is 5.32 Å². The van der Waals surface area contributed by atoms with Crippen molar-refractivity contribution in [3.05, 3.63) is 52.7 Å². The first-order chi connectivity index (χ1) is 8.16. The summed E-state index contributed by atoms with van der Waals surface area (Å²) in [5.41, 5.74) is 0.493. The summed E-state index contributed by atoms with van der Waals surface area (Å²) in [6.07, 6.45) is 3.14. The molecule has 1 amide bonds. The van der Waals surface area contributed by atoms with Crippen LogP contribution in [0.15, 0.2) is 41.5 Å². The summed E-state index contributed by atoms with van der Waals surface area (Å²) >= 11 is 0. The van der Waals surface area contributed by atoms with E-state index in [-0.39, 0.29) is 17.2 Å². The molecule has 0 spiro atoms. The summed E-state index contributed by atoms with van der Waals surface area (Å²) in [5, 5.41) is 6.47. The molecule has 2 rings (SSSR count). The fourth-order valence-electron chi connectivity index (χ4n) is 1.26. The van der Waals surface area contributed by atoms with Crippen LogP contribution >= 0.6 is 0 Å². The maximum atomic E-state index is 11.8. The molecule has 6 nitrogen and oxygen atoms in total. The van der Waals surface area contributed by atoms with Crippen molar-refractivity contribution in [1.29, 1.82) is 0 Å². The quantitative estimate of drug-likeness (QED) is 0.811. The van der Waals surface area contributed by atoms with Crippen LogP contribution < -0.4 is 10.9 Å². The second-order valence-corrected chi connectivity index (χ2v) is 3.38. The number of nitrogens with one attached hydrogen (secondary N) is 1. The molecule has 0 radical (unpaired) electrons. The molecular formula is C11H10N4O2. The van der Waals surface area contributed by atoms with Gasteiger partial charge in [0.05, 0.1) is 11.9 Å². The Balaban J connectivity index is 2.21. The lowest BCUT2D eigenvalue weighted by Crippen LogP contribution is -2.23. The Hall–Kier alpha value is -2.50. The molecule has 2 aromatic rings. The maximum Gasteiger partial charge on any atom is 0.276 e. The zero-order valence-corrected chi connectivity index (χ0v) is 9.12. The largest absolute Gasteiger partial charge is 0.319 e. The molecule has 17 heavy (non-hydrogen) atoms. The van der Waals surface area contributed by atoms with Gasteiger partial charge in [-0.3, -0.25) is 14.6 Å². The van der Waals surface area contributed by atoms with Gasteiger partial charge in [0.25, 0.3) is 11.5 Å². The van der Waals surface area contributed by atoms with Crippen LogP contribution in [0.4, 0.5) is 5.69 Å². The number of pyridine rings is 1. The molecule has 0 aliphatic carbocycles. The molecule has 2 aromatic heterocycles. The van der Waals surface area contributed by atoms with Gasteiger partial charge in [0.15, 0.2) is 0 Å². The second kappa shape index (κ2) is 4.56. The number of carbonyl (C=O) groups is 1. The second-order valence-electron chi connectivity index (χ2n) is 3.38. The van der Waals surface area contributed by atoms with Gasteiger partial charge in [-0.1, -0.05) is 0 Å². The van der Waals surface area contributed by atoms with Crippen molar-refractivity contribution < 1.29 is 4.79 Å². The standard InChI is InChI=1S/C11H10N4O2/c1-15-10(16)5-4-9(14-15)11(17)13-8-3-2-6-12-7-8/h2-7H,1H3,(H,13,17). The normalized spacial score (nSPS) is 9.94. The molecule has 0 aliphatic rings. The topological polar surface area (TPSA) is 76.9 Å². The Morgan fingerprint density at radius 3 is 2.82 bits per heavy atom. The van der Waals surface area contributed by atoms with Gasteiger partial charge in [-0.05, 0) is 18.2 Å².